The second-order valence-electron chi connectivity index (χ2n) is 6.51. The largest absolute Gasteiger partial charge is 0.283 e. The van der Waals surface area contributed by atoms with Gasteiger partial charge in [-0.25, -0.2) is 4.21 Å². The lowest BCUT2D eigenvalue weighted by atomic mass is 9.75. The molecule has 2 nitrogen and oxygen atoms in total. The predicted octanol–water partition coefficient (Wildman–Crippen LogP) is 4.50. The van der Waals surface area contributed by atoms with Crippen LogP contribution in [0, 0.1) is 24.7 Å². The fourth-order valence-electron chi connectivity index (χ4n) is 3.04. The van der Waals surface area contributed by atoms with E-state index < -0.39 is 11.1 Å². The summed E-state index contributed by atoms with van der Waals surface area (Å²) < 4.78 is 18.3. The van der Waals surface area contributed by atoms with Gasteiger partial charge < -0.3 is 0 Å². The zero-order valence-corrected chi connectivity index (χ0v) is 13.8. The lowest BCUT2D eigenvalue weighted by Gasteiger charge is -2.36. The smallest absolute Gasteiger partial charge is 0.189 e. The summed E-state index contributed by atoms with van der Waals surface area (Å²) in [4.78, 5) is 0.774. The minimum absolute atomic E-state index is 0.126. The van der Waals surface area contributed by atoms with E-state index in [0.717, 1.165) is 11.3 Å². The first kappa shape index (κ1) is 15.7. The standard InChI is InChI=1S/C17H26O2S/c1-12(2)16-10-7-14(4)11-17(16)19-20(18)15-8-5-13(3)6-9-15/h5-6,8-9,12,14,16-17H,7,10-11H2,1-4H3/t14-,16?,17-,20+/m1/s1. The fraction of sp³-hybridized carbons (Fsp3) is 0.647. The third kappa shape index (κ3) is 3.92. The second-order valence-corrected chi connectivity index (χ2v) is 7.64. The van der Waals surface area contributed by atoms with E-state index >= 15 is 0 Å². The highest BCUT2D eigenvalue weighted by Gasteiger charge is 2.33. The summed E-state index contributed by atoms with van der Waals surface area (Å²) in [6, 6.07) is 7.78. The molecule has 20 heavy (non-hydrogen) atoms. The number of hydrogen-bond acceptors (Lipinski definition) is 2. The summed E-state index contributed by atoms with van der Waals surface area (Å²) in [5.41, 5.74) is 1.18. The lowest BCUT2D eigenvalue weighted by molar-refractivity contribution is 0.0567. The van der Waals surface area contributed by atoms with Gasteiger partial charge in [-0.15, -0.1) is 0 Å². The van der Waals surface area contributed by atoms with Crippen molar-refractivity contribution in [3.05, 3.63) is 29.8 Å². The number of hydrogen-bond donors (Lipinski definition) is 0. The molecule has 2 rings (SSSR count). The van der Waals surface area contributed by atoms with Crippen molar-refractivity contribution in [2.75, 3.05) is 0 Å². The van der Waals surface area contributed by atoms with E-state index in [9.17, 15) is 4.21 Å². The molecule has 112 valence electrons. The zero-order chi connectivity index (χ0) is 14.7. The summed E-state index contributed by atoms with van der Waals surface area (Å²) in [7, 11) is 0. The molecule has 0 heterocycles. The van der Waals surface area contributed by atoms with Crippen molar-refractivity contribution in [2.24, 2.45) is 17.8 Å². The molecule has 1 aliphatic rings. The summed E-state index contributed by atoms with van der Waals surface area (Å²) in [5, 5.41) is 0. The van der Waals surface area contributed by atoms with Crippen LogP contribution in [0.15, 0.2) is 29.2 Å². The molecule has 1 saturated carbocycles. The van der Waals surface area contributed by atoms with Gasteiger partial charge in [0.15, 0.2) is 11.1 Å². The summed E-state index contributed by atoms with van der Waals surface area (Å²) in [6.07, 6.45) is 3.61. The minimum atomic E-state index is -1.34. The molecule has 0 bridgehead atoms. The van der Waals surface area contributed by atoms with Gasteiger partial charge in [0.1, 0.15) is 0 Å². The van der Waals surface area contributed by atoms with Gasteiger partial charge in [0.25, 0.3) is 0 Å². The van der Waals surface area contributed by atoms with Crippen molar-refractivity contribution >= 4 is 11.1 Å². The monoisotopic (exact) mass is 294 g/mol. The van der Waals surface area contributed by atoms with E-state index in [0.29, 0.717) is 17.8 Å². The molecule has 1 aliphatic carbocycles. The van der Waals surface area contributed by atoms with Crippen LogP contribution in [0.5, 0.6) is 0 Å². The molecular formula is C17H26O2S. The predicted molar refractivity (Wildman–Crippen MR) is 83.8 cm³/mol. The van der Waals surface area contributed by atoms with E-state index in [1.165, 1.54) is 18.4 Å². The van der Waals surface area contributed by atoms with Gasteiger partial charge >= 0.3 is 0 Å². The first-order valence-electron chi connectivity index (χ1n) is 7.63. The molecule has 0 saturated heterocycles. The topological polar surface area (TPSA) is 26.3 Å². The van der Waals surface area contributed by atoms with E-state index in [1.807, 2.05) is 31.2 Å². The molecule has 0 spiro atoms. The van der Waals surface area contributed by atoms with Crippen LogP contribution in [0.3, 0.4) is 0 Å². The van der Waals surface area contributed by atoms with E-state index in [2.05, 4.69) is 20.8 Å². The molecule has 0 N–H and O–H groups in total. The first-order chi connectivity index (χ1) is 9.47. The third-order valence-electron chi connectivity index (χ3n) is 4.39. The van der Waals surface area contributed by atoms with Crippen molar-refractivity contribution < 1.29 is 8.39 Å². The first-order valence-corrected chi connectivity index (χ1v) is 8.70. The van der Waals surface area contributed by atoms with Gasteiger partial charge in [-0.3, -0.25) is 4.18 Å². The zero-order valence-electron chi connectivity index (χ0n) is 13.0. The van der Waals surface area contributed by atoms with E-state index in [-0.39, 0.29) is 6.10 Å². The van der Waals surface area contributed by atoms with Gasteiger partial charge in [0.2, 0.25) is 0 Å². The summed E-state index contributed by atoms with van der Waals surface area (Å²) in [6.45, 7) is 8.78. The maximum Gasteiger partial charge on any atom is 0.189 e. The van der Waals surface area contributed by atoms with E-state index in [4.69, 9.17) is 4.18 Å². The highest BCUT2D eigenvalue weighted by Crippen LogP contribution is 2.36. The molecule has 0 aliphatic heterocycles. The number of benzene rings is 1. The molecule has 0 aromatic heterocycles. The Kier molecular flexibility index (Phi) is 5.39. The van der Waals surface area contributed by atoms with Crippen molar-refractivity contribution in [1.29, 1.82) is 0 Å². The maximum absolute atomic E-state index is 12.4. The van der Waals surface area contributed by atoms with Crippen LogP contribution < -0.4 is 0 Å². The fourth-order valence-corrected chi connectivity index (χ4v) is 3.96. The van der Waals surface area contributed by atoms with Crippen LogP contribution in [0.2, 0.25) is 0 Å². The molecule has 3 heteroatoms. The van der Waals surface area contributed by atoms with Crippen molar-refractivity contribution in [2.45, 2.75) is 58.0 Å². The Bertz CT molecular complexity index is 453. The van der Waals surface area contributed by atoms with Crippen molar-refractivity contribution in [3.63, 3.8) is 0 Å². The SMILES string of the molecule is Cc1ccc([S@@](=O)O[C@@H]2C[C@H](C)CCC2C(C)C)cc1. The maximum atomic E-state index is 12.4. The Labute approximate surface area is 125 Å². The molecule has 1 aromatic rings. The quantitative estimate of drug-likeness (QED) is 0.817. The number of aryl methyl sites for hydroxylation is 1. The Balaban J connectivity index is 2.05. The van der Waals surface area contributed by atoms with Crippen LogP contribution in [-0.4, -0.2) is 10.3 Å². The molecule has 4 atom stereocenters. The highest BCUT2D eigenvalue weighted by atomic mass is 32.2. The van der Waals surface area contributed by atoms with Crippen LogP contribution >= 0.6 is 0 Å². The van der Waals surface area contributed by atoms with Gasteiger partial charge in [0.05, 0.1) is 11.0 Å². The van der Waals surface area contributed by atoms with Crippen molar-refractivity contribution in [3.8, 4) is 0 Å². The molecule has 0 amide bonds. The summed E-state index contributed by atoms with van der Waals surface area (Å²) in [5.74, 6) is 1.79. The molecule has 1 fully saturated rings. The average Bonchev–Trinajstić information content (AvgIpc) is 2.39. The average molecular weight is 294 g/mol. The van der Waals surface area contributed by atoms with Gasteiger partial charge in [-0.2, -0.15) is 0 Å². The van der Waals surface area contributed by atoms with E-state index in [1.54, 1.807) is 0 Å². The molecule has 1 unspecified atom stereocenters. The Morgan fingerprint density at radius 3 is 2.45 bits per heavy atom. The highest BCUT2D eigenvalue weighted by molar-refractivity contribution is 7.80. The van der Waals surface area contributed by atoms with Crippen LogP contribution in [0.25, 0.3) is 0 Å². The second kappa shape index (κ2) is 6.86. The lowest BCUT2D eigenvalue weighted by Crippen LogP contribution is -2.34. The van der Waals surface area contributed by atoms with Gasteiger partial charge in [0, 0.05) is 0 Å². The van der Waals surface area contributed by atoms with Crippen LogP contribution in [0.4, 0.5) is 0 Å². The third-order valence-corrected chi connectivity index (χ3v) is 5.46. The van der Waals surface area contributed by atoms with Crippen molar-refractivity contribution in [1.82, 2.24) is 0 Å². The Morgan fingerprint density at radius 1 is 1.20 bits per heavy atom. The Morgan fingerprint density at radius 2 is 1.85 bits per heavy atom. The normalized spacial score (nSPS) is 28.6. The van der Waals surface area contributed by atoms with Crippen LogP contribution in [-0.2, 0) is 15.3 Å². The molecule has 1 aromatic carbocycles. The van der Waals surface area contributed by atoms with Gasteiger partial charge in [-0.1, -0.05) is 44.9 Å². The molecule has 0 radical (unpaired) electrons. The van der Waals surface area contributed by atoms with Gasteiger partial charge in [-0.05, 0) is 49.7 Å². The molecular weight excluding hydrogens is 268 g/mol. The Hall–Kier alpha value is -0.670. The van der Waals surface area contributed by atoms with Crippen LogP contribution in [0.1, 0.15) is 45.6 Å². The minimum Gasteiger partial charge on any atom is -0.283 e. The summed E-state index contributed by atoms with van der Waals surface area (Å²) >= 11 is -1.34. The number of rotatable bonds is 4.